The Bertz CT molecular complexity index is 1990. The van der Waals surface area contributed by atoms with Gasteiger partial charge in [-0.25, -0.2) is 14.4 Å². The van der Waals surface area contributed by atoms with Crippen molar-refractivity contribution in [2.45, 2.75) is 71.1 Å². The smallest absolute Gasteiger partial charge is 0.416 e. The molecule has 18 heteroatoms. The summed E-state index contributed by atoms with van der Waals surface area (Å²) in [6.45, 7) is 6.32. The van der Waals surface area contributed by atoms with Crippen LogP contribution in [0.1, 0.15) is 64.0 Å². The maximum Gasteiger partial charge on any atom is 0.416 e. The Labute approximate surface area is 349 Å². The molecule has 58 heavy (non-hydrogen) atoms. The van der Waals surface area contributed by atoms with E-state index in [-0.39, 0.29) is 52.8 Å². The average Bonchev–Trinajstić information content (AvgIpc) is 3.14. The molecule has 0 aromatic heterocycles. The van der Waals surface area contributed by atoms with Crippen molar-refractivity contribution in [3.63, 3.8) is 0 Å². The van der Waals surface area contributed by atoms with Gasteiger partial charge in [-0.3, -0.25) is 0 Å². The highest BCUT2D eigenvalue weighted by molar-refractivity contribution is 6.31. The first-order valence-corrected chi connectivity index (χ1v) is 19.1. The maximum atomic E-state index is 12.4. The van der Waals surface area contributed by atoms with Gasteiger partial charge in [-0.05, 0) is 112 Å². The molecule has 0 aliphatic heterocycles. The van der Waals surface area contributed by atoms with Gasteiger partial charge in [-0.15, -0.1) is 0 Å². The van der Waals surface area contributed by atoms with Crippen LogP contribution < -0.4 is 31.9 Å². The zero-order chi connectivity index (χ0) is 43.0. The number of benzene rings is 4. The van der Waals surface area contributed by atoms with E-state index < -0.39 is 17.8 Å². The Morgan fingerprint density at radius 2 is 1.03 bits per heavy atom. The molecule has 0 radical (unpaired) electrons. The minimum atomic E-state index is -4.40. The summed E-state index contributed by atoms with van der Waals surface area (Å²) in [6, 6.07) is 16.3. The molecule has 0 atom stereocenters. The lowest BCUT2D eigenvalue weighted by Crippen LogP contribution is -2.43. The highest BCUT2D eigenvalue weighted by atomic mass is 35.5. The summed E-state index contributed by atoms with van der Waals surface area (Å²) >= 11 is 17.3. The molecule has 0 unspecified atom stereocenters. The van der Waals surface area contributed by atoms with E-state index >= 15 is 0 Å². The quantitative estimate of drug-likeness (QED) is 0.0833. The molecule has 0 spiro atoms. The fourth-order valence-electron chi connectivity index (χ4n) is 5.27. The number of rotatable bonds is 7. The number of nitrogens with one attached hydrogen (secondary N) is 6. The second kappa shape index (κ2) is 22.0. The first kappa shape index (κ1) is 47.1. The monoisotopic (exact) mass is 868 g/mol. The van der Waals surface area contributed by atoms with Gasteiger partial charge in [0.05, 0.1) is 22.6 Å². The minimum absolute atomic E-state index is 0.0113. The third kappa shape index (κ3) is 17.5. The average molecular weight is 870 g/mol. The van der Waals surface area contributed by atoms with Crippen LogP contribution in [0.3, 0.4) is 0 Å². The van der Waals surface area contributed by atoms with E-state index in [2.05, 4.69) is 31.9 Å². The van der Waals surface area contributed by atoms with Crippen LogP contribution in [0.2, 0.25) is 15.1 Å². The fraction of sp³-hybridized carbons (Fsp3) is 0.325. The SMILES string of the molecule is CC(C)(C)NC(=O)Nc1cc(Cl)ccc1O.O=C(NCC1CCCCC1)Nc1cc(Cl)ccc1O.O=C(NCc1ccc(C(F)(F)F)cc1)Nc1cc(Cl)ccc1O. The van der Waals surface area contributed by atoms with Gasteiger partial charge in [0.1, 0.15) is 17.2 Å². The van der Waals surface area contributed by atoms with Gasteiger partial charge in [0.25, 0.3) is 0 Å². The van der Waals surface area contributed by atoms with Gasteiger partial charge in [-0.1, -0.05) is 66.2 Å². The maximum absolute atomic E-state index is 12.4. The van der Waals surface area contributed by atoms with Gasteiger partial charge < -0.3 is 47.2 Å². The van der Waals surface area contributed by atoms with Crippen LogP contribution >= 0.6 is 34.8 Å². The molecular formula is C40H46Cl3F3N6O6. The number of hydrogen-bond donors (Lipinski definition) is 9. The Morgan fingerprint density at radius 1 is 0.621 bits per heavy atom. The Morgan fingerprint density at radius 3 is 1.45 bits per heavy atom. The van der Waals surface area contributed by atoms with Gasteiger partial charge >= 0.3 is 24.3 Å². The lowest BCUT2D eigenvalue weighted by molar-refractivity contribution is -0.137. The highest BCUT2D eigenvalue weighted by Gasteiger charge is 2.30. The Kier molecular flexibility index (Phi) is 17.9. The summed E-state index contributed by atoms with van der Waals surface area (Å²) in [5.74, 6) is 0.414. The molecule has 1 aliphatic rings. The summed E-state index contributed by atoms with van der Waals surface area (Å²) in [4.78, 5) is 35.0. The largest absolute Gasteiger partial charge is 0.506 e. The molecule has 1 saturated carbocycles. The molecule has 9 N–H and O–H groups in total. The molecule has 5 rings (SSSR count). The summed E-state index contributed by atoms with van der Waals surface area (Å²) in [5, 5.41) is 45.4. The third-order valence-electron chi connectivity index (χ3n) is 8.12. The van der Waals surface area contributed by atoms with Gasteiger partial charge in [0.2, 0.25) is 0 Å². The number of alkyl halides is 3. The van der Waals surface area contributed by atoms with Crippen molar-refractivity contribution in [3.05, 3.63) is 105 Å². The molecule has 1 aliphatic carbocycles. The summed E-state index contributed by atoms with van der Waals surface area (Å²) in [7, 11) is 0. The van der Waals surface area contributed by atoms with E-state index in [1.165, 1.54) is 86.7 Å². The van der Waals surface area contributed by atoms with Crippen LogP contribution in [0.5, 0.6) is 17.2 Å². The van der Waals surface area contributed by atoms with Crippen molar-refractivity contribution in [2.75, 3.05) is 22.5 Å². The van der Waals surface area contributed by atoms with Gasteiger partial charge in [-0.2, -0.15) is 13.2 Å². The first-order chi connectivity index (χ1) is 27.2. The second-order valence-electron chi connectivity index (χ2n) is 14.2. The zero-order valence-electron chi connectivity index (χ0n) is 31.9. The van der Waals surface area contributed by atoms with Crippen LogP contribution in [0.15, 0.2) is 78.9 Å². The van der Waals surface area contributed by atoms with Crippen molar-refractivity contribution in [1.29, 1.82) is 0 Å². The van der Waals surface area contributed by atoms with Crippen molar-refractivity contribution >= 4 is 70.0 Å². The summed E-state index contributed by atoms with van der Waals surface area (Å²) in [5.41, 5.74) is 0.154. The normalized spacial score (nSPS) is 12.7. The molecule has 0 saturated heterocycles. The number of amides is 6. The van der Waals surface area contributed by atoms with Crippen molar-refractivity contribution in [2.24, 2.45) is 5.92 Å². The van der Waals surface area contributed by atoms with Crippen LogP contribution in [0, 0.1) is 5.92 Å². The van der Waals surface area contributed by atoms with Gasteiger partial charge in [0, 0.05) is 33.7 Å². The molecule has 314 valence electrons. The second-order valence-corrected chi connectivity index (χ2v) is 15.5. The molecular weight excluding hydrogens is 824 g/mol. The molecule has 6 amide bonds. The number of carbonyl (C=O) groups is 3. The number of halogens is 6. The van der Waals surface area contributed by atoms with E-state index in [4.69, 9.17) is 34.8 Å². The van der Waals surface area contributed by atoms with Crippen LogP contribution in [0.25, 0.3) is 0 Å². The predicted octanol–water partition coefficient (Wildman–Crippen LogP) is 11.1. The van der Waals surface area contributed by atoms with Crippen LogP contribution in [-0.2, 0) is 12.7 Å². The van der Waals surface area contributed by atoms with Crippen molar-refractivity contribution in [3.8, 4) is 17.2 Å². The molecule has 1 fully saturated rings. The lowest BCUT2D eigenvalue weighted by Gasteiger charge is -2.21. The number of carbonyl (C=O) groups excluding carboxylic acids is 3. The van der Waals surface area contributed by atoms with Crippen LogP contribution in [0.4, 0.5) is 44.6 Å². The summed E-state index contributed by atoms with van der Waals surface area (Å²) in [6.07, 6.45) is 1.78. The van der Waals surface area contributed by atoms with Crippen molar-refractivity contribution < 1.29 is 42.9 Å². The minimum Gasteiger partial charge on any atom is -0.506 e. The number of hydrogen-bond acceptors (Lipinski definition) is 6. The number of urea groups is 3. The zero-order valence-corrected chi connectivity index (χ0v) is 34.1. The summed E-state index contributed by atoms with van der Waals surface area (Å²) < 4.78 is 37.3. The molecule has 0 heterocycles. The molecule has 4 aromatic carbocycles. The Balaban J connectivity index is 0.000000237. The number of phenols is 3. The van der Waals surface area contributed by atoms with E-state index in [1.54, 1.807) is 12.1 Å². The van der Waals surface area contributed by atoms with Gasteiger partial charge in [0.15, 0.2) is 0 Å². The molecule has 0 bridgehead atoms. The van der Waals surface area contributed by atoms with E-state index in [0.717, 1.165) is 12.1 Å². The third-order valence-corrected chi connectivity index (χ3v) is 8.82. The van der Waals surface area contributed by atoms with E-state index in [1.807, 2.05) is 20.8 Å². The fourth-order valence-corrected chi connectivity index (χ4v) is 5.79. The van der Waals surface area contributed by atoms with Crippen LogP contribution in [-0.4, -0.2) is 45.5 Å². The highest BCUT2D eigenvalue weighted by Crippen LogP contribution is 2.30. The number of phenolic OH excluding ortho intramolecular Hbond substituents is 3. The van der Waals surface area contributed by atoms with E-state index in [9.17, 15) is 42.9 Å². The lowest BCUT2D eigenvalue weighted by atomic mass is 9.89. The number of aromatic hydroxyl groups is 3. The Hall–Kier alpha value is -5.25. The topological polar surface area (TPSA) is 184 Å². The standard InChI is InChI=1S/C15H12ClF3N2O2.C14H19ClN2O2.C11H15ClN2O2/c16-11-5-6-13(22)12(7-11)21-14(23)20-8-9-1-3-10(4-2-9)15(17,18)19;15-11-6-7-13(18)12(8-11)17-14(19)16-9-10-4-2-1-3-5-10;1-11(2,3)14-10(16)13-8-6-7(12)4-5-9(8)15/h1-7,22H,8H2,(H2,20,21,23);6-8,10,18H,1-5,9H2,(H2,16,17,19);4-6,15H,1-3H3,(H2,13,14,16). The molecule has 12 nitrogen and oxygen atoms in total. The molecule has 4 aromatic rings. The number of anilines is 3. The predicted molar refractivity (Wildman–Crippen MR) is 222 cm³/mol. The van der Waals surface area contributed by atoms with E-state index in [0.29, 0.717) is 38.8 Å². The van der Waals surface area contributed by atoms with Crippen molar-refractivity contribution in [1.82, 2.24) is 16.0 Å². The first-order valence-electron chi connectivity index (χ1n) is 18.0.